The highest BCUT2D eigenvalue weighted by Crippen LogP contribution is 2.19. The number of benzene rings is 2. The zero-order valence-corrected chi connectivity index (χ0v) is 15.9. The van der Waals surface area contributed by atoms with E-state index < -0.39 is 10.0 Å². The van der Waals surface area contributed by atoms with Gasteiger partial charge in [0.2, 0.25) is 10.0 Å². The van der Waals surface area contributed by atoms with Gasteiger partial charge in [0.1, 0.15) is 11.9 Å². The van der Waals surface area contributed by atoms with Crippen LogP contribution in [0.4, 0.5) is 10.1 Å². The van der Waals surface area contributed by atoms with Crippen molar-refractivity contribution in [1.82, 2.24) is 4.31 Å². The molecule has 1 amide bonds. The molecule has 0 radical (unpaired) electrons. The number of rotatable bonds is 5. The minimum atomic E-state index is -3.75. The van der Waals surface area contributed by atoms with E-state index in [9.17, 15) is 17.6 Å². The topological polar surface area (TPSA) is 94.7 Å². The molecule has 2 aromatic rings. The summed E-state index contributed by atoms with van der Waals surface area (Å²) >= 11 is 0. The first-order valence-corrected chi connectivity index (χ1v) is 10.2. The third kappa shape index (κ3) is 4.54. The Bertz CT molecular complexity index is 995. The Morgan fingerprint density at radius 2 is 1.79 bits per heavy atom. The van der Waals surface area contributed by atoms with Crippen molar-refractivity contribution in [2.75, 3.05) is 38.0 Å². The summed E-state index contributed by atoms with van der Waals surface area (Å²) in [6.45, 7) is 1.68. The Morgan fingerprint density at radius 1 is 1.14 bits per heavy atom. The van der Waals surface area contributed by atoms with Crippen LogP contribution in [0.2, 0.25) is 0 Å². The van der Waals surface area contributed by atoms with Gasteiger partial charge in [0, 0.05) is 5.69 Å². The second-order valence-electron chi connectivity index (χ2n) is 6.49. The molecule has 1 heterocycles. The number of quaternary nitrogens is 1. The Kier molecular flexibility index (Phi) is 6.04. The fourth-order valence-corrected chi connectivity index (χ4v) is 4.69. The predicted molar refractivity (Wildman–Crippen MR) is 101 cm³/mol. The van der Waals surface area contributed by atoms with Crippen LogP contribution in [0.3, 0.4) is 0 Å². The van der Waals surface area contributed by atoms with Crippen molar-refractivity contribution in [1.29, 1.82) is 5.26 Å². The molecular formula is C19H20FN4O3S+. The van der Waals surface area contributed by atoms with Gasteiger partial charge in [-0.25, -0.2) is 12.8 Å². The van der Waals surface area contributed by atoms with E-state index in [0.29, 0.717) is 18.8 Å². The summed E-state index contributed by atoms with van der Waals surface area (Å²) in [5, 5.41) is 11.9. The molecular weight excluding hydrogens is 383 g/mol. The van der Waals surface area contributed by atoms with Crippen LogP contribution in [0.15, 0.2) is 53.4 Å². The summed E-state index contributed by atoms with van der Waals surface area (Å²) in [4.78, 5) is 13.1. The highest BCUT2D eigenvalue weighted by molar-refractivity contribution is 7.89. The quantitative estimate of drug-likeness (QED) is 0.747. The van der Waals surface area contributed by atoms with Crippen molar-refractivity contribution in [2.45, 2.75) is 4.90 Å². The smallest absolute Gasteiger partial charge is 0.279 e. The second kappa shape index (κ2) is 8.48. The first kappa shape index (κ1) is 19.9. The molecule has 0 aromatic heterocycles. The van der Waals surface area contributed by atoms with Gasteiger partial charge in [0.15, 0.2) is 6.54 Å². The average molecular weight is 403 g/mol. The number of hydrogen-bond acceptors (Lipinski definition) is 4. The van der Waals surface area contributed by atoms with Gasteiger partial charge in [-0.15, -0.1) is 0 Å². The van der Waals surface area contributed by atoms with Gasteiger partial charge in [-0.1, -0.05) is 12.1 Å². The van der Waals surface area contributed by atoms with E-state index in [1.807, 2.05) is 6.07 Å². The monoisotopic (exact) mass is 403 g/mol. The van der Waals surface area contributed by atoms with Crippen LogP contribution in [-0.2, 0) is 14.8 Å². The molecule has 0 spiro atoms. The molecule has 1 saturated heterocycles. The predicted octanol–water partition coefficient (Wildman–Crippen LogP) is 0.225. The van der Waals surface area contributed by atoms with Crippen molar-refractivity contribution in [3.63, 3.8) is 0 Å². The van der Waals surface area contributed by atoms with E-state index in [1.54, 1.807) is 12.1 Å². The Labute approximate surface area is 163 Å². The minimum Gasteiger partial charge on any atom is -0.325 e. The number of nitrogens with zero attached hydrogens (tertiary/aromatic N) is 2. The van der Waals surface area contributed by atoms with Crippen LogP contribution < -0.4 is 10.2 Å². The number of nitriles is 1. The number of hydrogen-bond donors (Lipinski definition) is 2. The third-order valence-electron chi connectivity index (χ3n) is 4.59. The van der Waals surface area contributed by atoms with E-state index in [1.165, 1.54) is 40.7 Å². The molecule has 7 nitrogen and oxygen atoms in total. The molecule has 3 rings (SSSR count). The summed E-state index contributed by atoms with van der Waals surface area (Å²) in [7, 11) is -3.75. The van der Waals surface area contributed by atoms with Gasteiger partial charge in [-0.3, -0.25) is 4.79 Å². The number of amides is 1. The Balaban J connectivity index is 1.57. The third-order valence-corrected chi connectivity index (χ3v) is 6.55. The van der Waals surface area contributed by atoms with Crippen molar-refractivity contribution in [2.24, 2.45) is 0 Å². The molecule has 0 aliphatic carbocycles. The molecule has 0 saturated carbocycles. The first-order valence-electron chi connectivity index (χ1n) is 8.78. The van der Waals surface area contributed by atoms with Crippen LogP contribution in [-0.4, -0.2) is 51.4 Å². The zero-order valence-electron chi connectivity index (χ0n) is 15.1. The summed E-state index contributed by atoms with van der Waals surface area (Å²) in [6, 6.07) is 13.6. The molecule has 28 heavy (non-hydrogen) atoms. The molecule has 2 N–H and O–H groups in total. The fraction of sp³-hybridized carbons (Fsp3) is 0.263. The number of anilines is 1. The Hall–Kier alpha value is -2.80. The molecule has 1 aliphatic rings. The number of piperazine rings is 1. The number of carbonyl (C=O) groups is 1. The largest absolute Gasteiger partial charge is 0.325 e. The lowest BCUT2D eigenvalue weighted by molar-refractivity contribution is -0.895. The lowest BCUT2D eigenvalue weighted by Gasteiger charge is -2.31. The van der Waals surface area contributed by atoms with E-state index in [4.69, 9.17) is 5.26 Å². The highest BCUT2D eigenvalue weighted by atomic mass is 32.2. The lowest BCUT2D eigenvalue weighted by atomic mass is 10.2. The van der Waals surface area contributed by atoms with Gasteiger partial charge < -0.3 is 10.2 Å². The van der Waals surface area contributed by atoms with Gasteiger partial charge in [-0.2, -0.15) is 9.57 Å². The van der Waals surface area contributed by atoms with Crippen LogP contribution in [0.1, 0.15) is 5.56 Å². The molecule has 9 heteroatoms. The Morgan fingerprint density at radius 3 is 2.43 bits per heavy atom. The molecule has 0 bridgehead atoms. The summed E-state index contributed by atoms with van der Waals surface area (Å²) in [5.41, 5.74) is 0.635. The van der Waals surface area contributed by atoms with Crippen molar-refractivity contribution < 1.29 is 22.5 Å². The standard InChI is InChI=1S/C19H19FN4O3S/c20-16-5-7-17(8-6-16)22-19(25)14-23-9-11-24(12-10-23)28(26,27)18-4-2-1-3-15(18)13-21/h1-8H,9-12,14H2,(H,22,25)/p+1. The number of halogens is 1. The summed E-state index contributed by atoms with van der Waals surface area (Å²) in [6.07, 6.45) is 0. The van der Waals surface area contributed by atoms with Crippen LogP contribution in [0, 0.1) is 17.1 Å². The normalized spacial score (nSPS) is 15.7. The van der Waals surface area contributed by atoms with Crippen LogP contribution >= 0.6 is 0 Å². The zero-order chi connectivity index (χ0) is 20.1. The molecule has 2 aromatic carbocycles. The maximum atomic E-state index is 12.9. The molecule has 0 unspecified atom stereocenters. The van der Waals surface area contributed by atoms with Gasteiger partial charge >= 0.3 is 0 Å². The summed E-state index contributed by atoms with van der Waals surface area (Å²) in [5.74, 6) is -0.591. The van der Waals surface area contributed by atoms with Crippen molar-refractivity contribution in [3.05, 3.63) is 59.9 Å². The van der Waals surface area contributed by atoms with Gasteiger partial charge in [-0.05, 0) is 36.4 Å². The maximum Gasteiger partial charge on any atom is 0.279 e. The molecule has 0 atom stereocenters. The average Bonchev–Trinajstić information content (AvgIpc) is 2.70. The van der Waals surface area contributed by atoms with Gasteiger partial charge in [0.25, 0.3) is 5.91 Å². The molecule has 1 aliphatic heterocycles. The number of carbonyl (C=O) groups excluding carboxylic acids is 1. The van der Waals surface area contributed by atoms with E-state index in [0.717, 1.165) is 4.90 Å². The van der Waals surface area contributed by atoms with Gasteiger partial charge in [0.05, 0.1) is 36.6 Å². The second-order valence-corrected chi connectivity index (χ2v) is 8.40. The maximum absolute atomic E-state index is 12.9. The molecule has 146 valence electrons. The van der Waals surface area contributed by atoms with E-state index >= 15 is 0 Å². The van der Waals surface area contributed by atoms with E-state index in [2.05, 4.69) is 5.32 Å². The number of sulfonamides is 1. The highest BCUT2D eigenvalue weighted by Gasteiger charge is 2.32. The minimum absolute atomic E-state index is 0.00926. The lowest BCUT2D eigenvalue weighted by Crippen LogP contribution is -3.15. The van der Waals surface area contributed by atoms with Crippen molar-refractivity contribution in [3.8, 4) is 6.07 Å². The molecule has 1 fully saturated rings. The summed E-state index contributed by atoms with van der Waals surface area (Å²) < 4.78 is 39.9. The number of nitrogens with one attached hydrogen (secondary N) is 2. The first-order chi connectivity index (χ1) is 13.4. The van der Waals surface area contributed by atoms with Crippen molar-refractivity contribution >= 4 is 21.6 Å². The van der Waals surface area contributed by atoms with E-state index in [-0.39, 0.29) is 41.8 Å². The van der Waals surface area contributed by atoms with Crippen LogP contribution in [0.5, 0.6) is 0 Å². The fourth-order valence-electron chi connectivity index (χ4n) is 3.11. The van der Waals surface area contributed by atoms with Crippen LogP contribution in [0.25, 0.3) is 0 Å². The SMILES string of the molecule is N#Cc1ccccc1S(=O)(=O)N1CC[NH+](CC(=O)Nc2ccc(F)cc2)CC1.